The van der Waals surface area contributed by atoms with Crippen LogP contribution in [0.1, 0.15) is 6.42 Å². The number of amides is 1. The Morgan fingerprint density at radius 2 is 2.20 bits per heavy atom. The van der Waals surface area contributed by atoms with Crippen molar-refractivity contribution in [2.24, 2.45) is 0 Å². The zero-order valence-corrected chi connectivity index (χ0v) is 10.7. The zero-order valence-electron chi connectivity index (χ0n) is 10.7. The first-order chi connectivity index (χ1) is 9.29. The lowest BCUT2D eigenvalue weighted by Gasteiger charge is -2.25. The number of hydrogen-bond acceptors (Lipinski definition) is 3. The highest BCUT2D eigenvalue weighted by Crippen LogP contribution is 2.25. The van der Waals surface area contributed by atoms with Gasteiger partial charge in [-0.05, 0) is 18.6 Å². The average molecular weight is 291 g/mol. The van der Waals surface area contributed by atoms with E-state index in [4.69, 9.17) is 0 Å². The van der Waals surface area contributed by atoms with Gasteiger partial charge in [0.25, 0.3) is 0 Å². The summed E-state index contributed by atoms with van der Waals surface area (Å²) in [5.74, 6) is -1.31. The fraction of sp³-hybridized carbons (Fsp3) is 0.500. The molecule has 1 amide bonds. The summed E-state index contributed by atoms with van der Waals surface area (Å²) >= 11 is 0. The maximum atomic E-state index is 13.6. The molecule has 0 aliphatic carbocycles. The quantitative estimate of drug-likeness (QED) is 0.797. The number of likely N-dealkylation sites (tertiary alicyclic amines) is 1. The Morgan fingerprint density at radius 3 is 2.80 bits per heavy atom. The summed E-state index contributed by atoms with van der Waals surface area (Å²) in [4.78, 5) is 17.8. The molecule has 1 atom stereocenters. The second kappa shape index (κ2) is 5.26. The molecule has 2 rings (SSSR count). The third-order valence-electron chi connectivity index (χ3n) is 3.18. The van der Waals surface area contributed by atoms with Gasteiger partial charge in [0.2, 0.25) is 5.91 Å². The number of carbonyl (C=O) groups excluding carboxylic acids is 1. The van der Waals surface area contributed by atoms with Crippen LogP contribution >= 0.6 is 0 Å². The second-order valence-corrected chi connectivity index (χ2v) is 4.60. The summed E-state index contributed by atoms with van der Waals surface area (Å²) in [6.07, 6.45) is -2.86. The van der Waals surface area contributed by atoms with Crippen molar-refractivity contribution in [2.75, 3.05) is 25.0 Å². The molecule has 0 spiro atoms. The number of hydrogen-bond donors (Lipinski definition) is 0. The van der Waals surface area contributed by atoms with Gasteiger partial charge in [-0.2, -0.15) is 13.2 Å². The zero-order chi connectivity index (χ0) is 14.9. The second-order valence-electron chi connectivity index (χ2n) is 4.60. The van der Waals surface area contributed by atoms with Crippen molar-refractivity contribution in [2.45, 2.75) is 18.6 Å². The van der Waals surface area contributed by atoms with Crippen LogP contribution in [0.3, 0.4) is 0 Å². The Bertz CT molecular complexity index is 506. The SMILES string of the molecule is CN(c1ncccc1F)C1CCN(CC(F)(F)F)C1=O. The molecule has 1 aromatic rings. The molecule has 0 aromatic carbocycles. The van der Waals surface area contributed by atoms with Crippen molar-refractivity contribution in [3.05, 3.63) is 24.1 Å². The van der Waals surface area contributed by atoms with Crippen molar-refractivity contribution in [1.82, 2.24) is 9.88 Å². The van der Waals surface area contributed by atoms with Crippen molar-refractivity contribution in [3.63, 3.8) is 0 Å². The van der Waals surface area contributed by atoms with E-state index in [1.807, 2.05) is 0 Å². The van der Waals surface area contributed by atoms with Crippen LogP contribution in [-0.4, -0.2) is 48.1 Å². The number of nitrogens with zero attached hydrogens (tertiary/aromatic N) is 3. The minimum atomic E-state index is -4.43. The van der Waals surface area contributed by atoms with Crippen LogP contribution in [0.15, 0.2) is 18.3 Å². The predicted octanol–water partition coefficient (Wildman–Crippen LogP) is 1.82. The highest BCUT2D eigenvalue weighted by atomic mass is 19.4. The number of pyridine rings is 1. The third kappa shape index (κ3) is 3.00. The van der Waals surface area contributed by atoms with Crippen LogP contribution in [-0.2, 0) is 4.79 Å². The number of likely N-dealkylation sites (N-methyl/N-ethyl adjacent to an activating group) is 1. The largest absolute Gasteiger partial charge is 0.406 e. The standard InChI is InChI=1S/C12H13F4N3O/c1-18(10-8(13)3-2-5-17-10)9-4-6-19(11(9)20)7-12(14,15)16/h2-3,5,9H,4,6-7H2,1H3. The number of carbonyl (C=O) groups is 1. The lowest BCUT2D eigenvalue weighted by Crippen LogP contribution is -2.43. The first-order valence-electron chi connectivity index (χ1n) is 5.98. The normalized spacial score (nSPS) is 19.6. The van der Waals surface area contributed by atoms with Gasteiger partial charge >= 0.3 is 6.18 Å². The molecule has 1 unspecified atom stereocenters. The van der Waals surface area contributed by atoms with E-state index in [0.717, 1.165) is 4.90 Å². The fourth-order valence-corrected chi connectivity index (χ4v) is 2.24. The molecule has 8 heteroatoms. The Balaban J connectivity index is 2.12. The van der Waals surface area contributed by atoms with Gasteiger partial charge < -0.3 is 9.80 Å². The highest BCUT2D eigenvalue weighted by molar-refractivity contribution is 5.87. The lowest BCUT2D eigenvalue weighted by atomic mass is 10.2. The van der Waals surface area contributed by atoms with Crippen LogP contribution in [0.25, 0.3) is 0 Å². The van der Waals surface area contributed by atoms with Gasteiger partial charge in [-0.25, -0.2) is 9.37 Å². The van der Waals surface area contributed by atoms with Gasteiger partial charge in [-0.1, -0.05) is 0 Å². The van der Waals surface area contributed by atoms with Crippen LogP contribution in [0.5, 0.6) is 0 Å². The molecule has 110 valence electrons. The molecule has 0 N–H and O–H groups in total. The molecule has 0 saturated carbocycles. The number of halogens is 4. The molecule has 0 radical (unpaired) electrons. The molecule has 1 aliphatic rings. The van der Waals surface area contributed by atoms with E-state index in [-0.39, 0.29) is 18.8 Å². The van der Waals surface area contributed by atoms with Crippen LogP contribution < -0.4 is 4.90 Å². The fourth-order valence-electron chi connectivity index (χ4n) is 2.24. The first-order valence-corrected chi connectivity index (χ1v) is 5.98. The van der Waals surface area contributed by atoms with E-state index in [9.17, 15) is 22.4 Å². The highest BCUT2D eigenvalue weighted by Gasteiger charge is 2.41. The van der Waals surface area contributed by atoms with Gasteiger partial charge in [0.05, 0.1) is 0 Å². The van der Waals surface area contributed by atoms with E-state index in [1.165, 1.54) is 30.3 Å². The maximum absolute atomic E-state index is 13.6. The maximum Gasteiger partial charge on any atom is 0.406 e. The molecule has 1 fully saturated rings. The van der Waals surface area contributed by atoms with Gasteiger partial charge in [0.15, 0.2) is 11.6 Å². The summed E-state index contributed by atoms with van der Waals surface area (Å²) in [7, 11) is 1.45. The van der Waals surface area contributed by atoms with Crippen molar-refractivity contribution in [1.29, 1.82) is 0 Å². The summed E-state index contributed by atoms with van der Waals surface area (Å²) in [5, 5.41) is 0. The summed E-state index contributed by atoms with van der Waals surface area (Å²) in [5.41, 5.74) is 0. The smallest absolute Gasteiger partial charge is 0.345 e. The minimum absolute atomic E-state index is 0.00179. The Labute approximate surface area is 113 Å². The van der Waals surface area contributed by atoms with E-state index in [1.54, 1.807) is 0 Å². The Kier molecular flexibility index (Phi) is 3.82. The molecular weight excluding hydrogens is 278 g/mol. The Hall–Kier alpha value is -1.86. The van der Waals surface area contributed by atoms with E-state index in [0.29, 0.717) is 0 Å². The lowest BCUT2D eigenvalue weighted by molar-refractivity contribution is -0.157. The first kappa shape index (κ1) is 14.5. The van der Waals surface area contributed by atoms with Crippen LogP contribution in [0, 0.1) is 5.82 Å². The van der Waals surface area contributed by atoms with Crippen molar-refractivity contribution >= 4 is 11.7 Å². The number of alkyl halides is 3. The number of rotatable bonds is 3. The summed E-state index contributed by atoms with van der Waals surface area (Å²) in [6.45, 7) is -1.28. The summed E-state index contributed by atoms with van der Waals surface area (Å²) in [6, 6.07) is 1.77. The average Bonchev–Trinajstić information content (AvgIpc) is 2.69. The monoisotopic (exact) mass is 291 g/mol. The predicted molar refractivity (Wildman–Crippen MR) is 63.6 cm³/mol. The summed E-state index contributed by atoms with van der Waals surface area (Å²) < 4.78 is 50.5. The minimum Gasteiger partial charge on any atom is -0.345 e. The van der Waals surface area contributed by atoms with E-state index < -0.39 is 30.5 Å². The molecule has 1 saturated heterocycles. The molecule has 20 heavy (non-hydrogen) atoms. The molecule has 1 aliphatic heterocycles. The van der Waals surface area contributed by atoms with Crippen LogP contribution in [0.4, 0.5) is 23.4 Å². The van der Waals surface area contributed by atoms with Crippen LogP contribution in [0.2, 0.25) is 0 Å². The molecule has 0 bridgehead atoms. The third-order valence-corrected chi connectivity index (χ3v) is 3.18. The van der Waals surface area contributed by atoms with Gasteiger partial charge in [0, 0.05) is 19.8 Å². The van der Waals surface area contributed by atoms with Gasteiger partial charge in [-0.15, -0.1) is 0 Å². The van der Waals surface area contributed by atoms with Crippen molar-refractivity contribution < 1.29 is 22.4 Å². The van der Waals surface area contributed by atoms with Gasteiger partial charge in [-0.3, -0.25) is 4.79 Å². The number of aromatic nitrogens is 1. The van der Waals surface area contributed by atoms with E-state index in [2.05, 4.69) is 4.98 Å². The number of anilines is 1. The topological polar surface area (TPSA) is 36.4 Å². The molecule has 2 heterocycles. The van der Waals surface area contributed by atoms with Crippen molar-refractivity contribution in [3.8, 4) is 0 Å². The van der Waals surface area contributed by atoms with Gasteiger partial charge in [0.1, 0.15) is 12.6 Å². The molecular formula is C12H13F4N3O. The van der Waals surface area contributed by atoms with E-state index >= 15 is 0 Å². The molecule has 1 aromatic heterocycles. The molecule has 4 nitrogen and oxygen atoms in total. The Morgan fingerprint density at radius 1 is 1.50 bits per heavy atom.